The van der Waals surface area contributed by atoms with Crippen LogP contribution in [0, 0.1) is 5.92 Å². The van der Waals surface area contributed by atoms with Gasteiger partial charge >= 0.3 is 0 Å². The highest BCUT2D eigenvalue weighted by Crippen LogP contribution is 2.26. The van der Waals surface area contributed by atoms with Crippen molar-refractivity contribution in [1.29, 1.82) is 0 Å². The van der Waals surface area contributed by atoms with E-state index in [-0.39, 0.29) is 23.8 Å². The Kier molecular flexibility index (Phi) is 7.54. The van der Waals surface area contributed by atoms with Gasteiger partial charge in [0.1, 0.15) is 0 Å². The molecule has 0 aromatic heterocycles. The molecule has 1 aliphatic heterocycles. The highest BCUT2D eigenvalue weighted by atomic mass is 35.5. The van der Waals surface area contributed by atoms with Crippen molar-refractivity contribution >= 4 is 40.7 Å². The molecule has 1 aliphatic rings. The van der Waals surface area contributed by atoms with Crippen molar-refractivity contribution in [2.24, 2.45) is 5.92 Å². The Morgan fingerprint density at radius 3 is 2.60 bits per heavy atom. The van der Waals surface area contributed by atoms with E-state index in [0.29, 0.717) is 15.7 Å². The summed E-state index contributed by atoms with van der Waals surface area (Å²) in [6, 6.07) is 4.68. The minimum Gasteiger partial charge on any atom is -0.356 e. The molecule has 1 atom stereocenters. The molecule has 7 heteroatoms. The summed E-state index contributed by atoms with van der Waals surface area (Å²) < 4.78 is 0. The molecule has 0 bridgehead atoms. The summed E-state index contributed by atoms with van der Waals surface area (Å²) in [7, 11) is 0. The summed E-state index contributed by atoms with van der Waals surface area (Å²) in [4.78, 5) is 26.6. The number of nitrogens with one attached hydrogen (secondary N) is 2. The third kappa shape index (κ3) is 5.59. The van der Waals surface area contributed by atoms with Gasteiger partial charge in [-0.15, -0.1) is 0 Å². The van der Waals surface area contributed by atoms with E-state index in [1.165, 1.54) is 0 Å². The fourth-order valence-corrected chi connectivity index (χ4v) is 3.27. The Morgan fingerprint density at radius 1 is 1.28 bits per heavy atom. The number of anilines is 1. The normalized spacial score (nSPS) is 17.1. The third-order valence-corrected chi connectivity index (χ3v) is 5.13. The Hall–Kier alpha value is -1.30. The molecule has 1 unspecified atom stereocenters. The van der Waals surface area contributed by atoms with Crippen LogP contribution in [0.5, 0.6) is 0 Å². The summed E-state index contributed by atoms with van der Waals surface area (Å²) >= 11 is 12.0. The van der Waals surface area contributed by atoms with Crippen molar-refractivity contribution in [3.05, 3.63) is 28.2 Å². The maximum Gasteiger partial charge on any atom is 0.241 e. The molecule has 2 N–H and O–H groups in total. The number of amides is 2. The SMILES string of the molecule is CCCNC(=O)C1CCN(C(C)C(=O)Nc2cc(Cl)ccc2Cl)CC1. The average Bonchev–Trinajstić information content (AvgIpc) is 2.62. The summed E-state index contributed by atoms with van der Waals surface area (Å²) in [5.41, 5.74) is 0.514. The fourth-order valence-electron chi connectivity index (χ4n) is 2.94. The van der Waals surface area contributed by atoms with E-state index in [1.807, 2.05) is 13.8 Å². The number of halogens is 2. The van der Waals surface area contributed by atoms with Gasteiger partial charge in [0.05, 0.1) is 16.8 Å². The van der Waals surface area contributed by atoms with E-state index in [1.54, 1.807) is 18.2 Å². The number of benzene rings is 1. The van der Waals surface area contributed by atoms with Crippen molar-refractivity contribution in [2.75, 3.05) is 25.0 Å². The van der Waals surface area contributed by atoms with Crippen LogP contribution in [-0.2, 0) is 9.59 Å². The topological polar surface area (TPSA) is 61.4 Å². The molecule has 1 saturated heterocycles. The average molecular weight is 386 g/mol. The maximum atomic E-state index is 12.5. The van der Waals surface area contributed by atoms with E-state index in [9.17, 15) is 9.59 Å². The van der Waals surface area contributed by atoms with Gasteiger partial charge in [-0.1, -0.05) is 30.1 Å². The molecule has 0 spiro atoms. The van der Waals surface area contributed by atoms with Gasteiger partial charge in [0, 0.05) is 17.5 Å². The number of rotatable bonds is 6. The minimum atomic E-state index is -0.297. The van der Waals surface area contributed by atoms with Crippen LogP contribution in [0.25, 0.3) is 0 Å². The number of hydrogen-bond acceptors (Lipinski definition) is 3. The lowest BCUT2D eigenvalue weighted by Crippen LogP contribution is -2.48. The minimum absolute atomic E-state index is 0.0421. The molecule has 1 fully saturated rings. The van der Waals surface area contributed by atoms with Crippen molar-refractivity contribution in [3.8, 4) is 0 Å². The van der Waals surface area contributed by atoms with Crippen LogP contribution in [0.15, 0.2) is 18.2 Å². The molecule has 1 aromatic rings. The number of nitrogens with zero attached hydrogens (tertiary/aromatic N) is 1. The Labute approximate surface area is 159 Å². The van der Waals surface area contributed by atoms with Gasteiger partial charge in [0.25, 0.3) is 0 Å². The molecule has 138 valence electrons. The number of likely N-dealkylation sites (tertiary alicyclic amines) is 1. The predicted octanol–water partition coefficient (Wildman–Crippen LogP) is 3.56. The fraction of sp³-hybridized carbons (Fsp3) is 0.556. The Morgan fingerprint density at radius 2 is 1.96 bits per heavy atom. The molecule has 25 heavy (non-hydrogen) atoms. The number of hydrogen-bond donors (Lipinski definition) is 2. The lowest BCUT2D eigenvalue weighted by Gasteiger charge is -2.34. The highest BCUT2D eigenvalue weighted by Gasteiger charge is 2.29. The van der Waals surface area contributed by atoms with Gasteiger partial charge in [0.2, 0.25) is 11.8 Å². The molecular formula is C18H25Cl2N3O2. The van der Waals surface area contributed by atoms with Crippen LogP contribution in [-0.4, -0.2) is 42.4 Å². The number of piperidine rings is 1. The molecule has 1 aromatic carbocycles. The van der Waals surface area contributed by atoms with E-state index in [2.05, 4.69) is 15.5 Å². The van der Waals surface area contributed by atoms with Gasteiger partial charge in [-0.05, 0) is 57.5 Å². The van der Waals surface area contributed by atoms with Crippen LogP contribution < -0.4 is 10.6 Å². The molecule has 1 heterocycles. The Bertz CT molecular complexity index is 616. The van der Waals surface area contributed by atoms with E-state index < -0.39 is 0 Å². The zero-order valence-electron chi connectivity index (χ0n) is 14.6. The number of carbonyl (C=O) groups excluding carboxylic acids is 2. The second-order valence-electron chi connectivity index (χ2n) is 6.39. The first-order valence-corrected chi connectivity index (χ1v) is 9.45. The molecule has 0 radical (unpaired) electrons. The second kappa shape index (κ2) is 9.41. The zero-order chi connectivity index (χ0) is 18.4. The van der Waals surface area contributed by atoms with Crippen LogP contribution >= 0.6 is 23.2 Å². The van der Waals surface area contributed by atoms with Gasteiger partial charge in [-0.2, -0.15) is 0 Å². The van der Waals surface area contributed by atoms with E-state index in [4.69, 9.17) is 23.2 Å². The lowest BCUT2D eigenvalue weighted by molar-refractivity contribution is -0.127. The van der Waals surface area contributed by atoms with Crippen molar-refractivity contribution in [1.82, 2.24) is 10.2 Å². The quantitative estimate of drug-likeness (QED) is 0.786. The lowest BCUT2D eigenvalue weighted by atomic mass is 9.95. The van der Waals surface area contributed by atoms with Crippen LogP contribution in [0.4, 0.5) is 5.69 Å². The molecule has 0 saturated carbocycles. The van der Waals surface area contributed by atoms with Gasteiger partial charge in [0.15, 0.2) is 0 Å². The van der Waals surface area contributed by atoms with Gasteiger partial charge < -0.3 is 10.6 Å². The Balaban J connectivity index is 1.87. The van der Waals surface area contributed by atoms with Gasteiger partial charge in [-0.25, -0.2) is 0 Å². The second-order valence-corrected chi connectivity index (χ2v) is 7.23. The summed E-state index contributed by atoms with van der Waals surface area (Å²) in [6.07, 6.45) is 2.48. The van der Waals surface area contributed by atoms with Crippen molar-refractivity contribution in [3.63, 3.8) is 0 Å². The van der Waals surface area contributed by atoms with Crippen LogP contribution in [0.3, 0.4) is 0 Å². The van der Waals surface area contributed by atoms with Crippen LogP contribution in [0.1, 0.15) is 33.1 Å². The molecular weight excluding hydrogens is 361 g/mol. The summed E-state index contributed by atoms with van der Waals surface area (Å²) in [6.45, 7) is 6.07. The first kappa shape index (κ1) is 20.0. The molecule has 2 amide bonds. The smallest absolute Gasteiger partial charge is 0.241 e. The largest absolute Gasteiger partial charge is 0.356 e. The van der Waals surface area contributed by atoms with Crippen molar-refractivity contribution in [2.45, 2.75) is 39.2 Å². The van der Waals surface area contributed by atoms with E-state index in [0.717, 1.165) is 38.9 Å². The van der Waals surface area contributed by atoms with Crippen LogP contribution in [0.2, 0.25) is 10.0 Å². The third-order valence-electron chi connectivity index (χ3n) is 4.56. The van der Waals surface area contributed by atoms with E-state index >= 15 is 0 Å². The monoisotopic (exact) mass is 385 g/mol. The zero-order valence-corrected chi connectivity index (χ0v) is 16.2. The highest BCUT2D eigenvalue weighted by molar-refractivity contribution is 6.35. The number of carbonyl (C=O) groups is 2. The summed E-state index contributed by atoms with van der Waals surface area (Å²) in [5.74, 6) is 0.0443. The maximum absolute atomic E-state index is 12.5. The van der Waals surface area contributed by atoms with Gasteiger partial charge in [-0.3, -0.25) is 14.5 Å². The first-order chi connectivity index (χ1) is 11.9. The van der Waals surface area contributed by atoms with Crippen molar-refractivity contribution < 1.29 is 9.59 Å². The summed E-state index contributed by atoms with van der Waals surface area (Å²) in [5, 5.41) is 6.76. The molecule has 2 rings (SSSR count). The first-order valence-electron chi connectivity index (χ1n) is 8.70. The molecule has 5 nitrogen and oxygen atoms in total. The molecule has 0 aliphatic carbocycles. The standard InChI is InChI=1S/C18H25Cl2N3O2/c1-3-8-21-18(25)13-6-9-23(10-7-13)12(2)17(24)22-16-11-14(19)4-5-15(16)20/h4-5,11-13H,3,6-10H2,1-2H3,(H,21,25)(H,22,24). The predicted molar refractivity (Wildman–Crippen MR) is 102 cm³/mol.